The van der Waals surface area contributed by atoms with Gasteiger partial charge in [0.2, 0.25) is 6.10 Å². The fourth-order valence-electron chi connectivity index (χ4n) is 3.49. The Kier molecular flexibility index (Phi) is 6.39. The molecule has 0 unspecified atom stereocenters. The number of carbonyl (C=O) groups is 3. The summed E-state index contributed by atoms with van der Waals surface area (Å²) in [7, 11) is 0. The van der Waals surface area contributed by atoms with E-state index in [1.165, 1.54) is 24.5 Å². The molecule has 2 fully saturated rings. The molecule has 4 rings (SSSR count). The number of rotatable bonds is 6. The Labute approximate surface area is 202 Å². The highest BCUT2D eigenvalue weighted by Gasteiger charge is 2.65. The molecule has 0 saturated carbocycles. The summed E-state index contributed by atoms with van der Waals surface area (Å²) in [5.41, 5.74) is -2.74. The van der Waals surface area contributed by atoms with Crippen molar-refractivity contribution in [2.45, 2.75) is 51.8 Å². The summed E-state index contributed by atoms with van der Waals surface area (Å²) in [5, 5.41) is 0. The van der Waals surface area contributed by atoms with Crippen LogP contribution in [0.25, 0.3) is 0 Å². The Morgan fingerprint density at radius 3 is 2.58 bits per heavy atom. The molecule has 0 radical (unpaired) electrons. The molecule has 13 nitrogen and oxygen atoms in total. The zero-order chi connectivity index (χ0) is 26.3. The largest absolute Gasteiger partial charge is 0.509 e. The summed E-state index contributed by atoms with van der Waals surface area (Å²) in [5.74, 6) is -4.44. The number of pyridine rings is 1. The van der Waals surface area contributed by atoms with Gasteiger partial charge in [-0.3, -0.25) is 19.1 Å². The summed E-state index contributed by atoms with van der Waals surface area (Å²) in [6.07, 6.45) is -2.23. The number of ether oxygens (including phenoxy) is 5. The zero-order valence-corrected chi connectivity index (χ0v) is 19.4. The van der Waals surface area contributed by atoms with Crippen LogP contribution < -0.4 is 11.2 Å². The smallest absolute Gasteiger partial charge is 0.459 e. The highest BCUT2D eigenvalue weighted by Crippen LogP contribution is 2.45. The van der Waals surface area contributed by atoms with Crippen molar-refractivity contribution in [3.05, 3.63) is 63.2 Å². The summed E-state index contributed by atoms with van der Waals surface area (Å²) < 4.78 is 42.4. The Morgan fingerprint density at radius 2 is 1.92 bits per heavy atom. The van der Waals surface area contributed by atoms with E-state index >= 15 is 4.39 Å². The van der Waals surface area contributed by atoms with Crippen LogP contribution in [0.3, 0.4) is 0 Å². The number of halogens is 1. The van der Waals surface area contributed by atoms with Gasteiger partial charge in [0.25, 0.3) is 11.4 Å². The molecule has 2 aromatic rings. The number of hydrogen-bond donors (Lipinski definition) is 0. The number of alkyl halides is 1. The summed E-state index contributed by atoms with van der Waals surface area (Å²) in [6.45, 7) is 2.96. The molecule has 4 atom stereocenters. The number of carbonyl (C=O) groups excluding carboxylic acids is 3. The molecule has 0 bridgehead atoms. The van der Waals surface area contributed by atoms with Crippen LogP contribution in [-0.4, -0.2) is 56.9 Å². The second-order valence-electron chi connectivity index (χ2n) is 9.07. The van der Waals surface area contributed by atoms with E-state index in [1.807, 2.05) is 0 Å². The first-order valence-corrected chi connectivity index (χ1v) is 10.7. The Morgan fingerprint density at radius 1 is 1.17 bits per heavy atom. The number of hydrogen-bond acceptors (Lipinski definition) is 11. The second kappa shape index (κ2) is 9.18. The van der Waals surface area contributed by atoms with Crippen molar-refractivity contribution < 1.29 is 42.5 Å². The van der Waals surface area contributed by atoms with Gasteiger partial charge in [-0.25, -0.2) is 23.3 Å². The molecule has 0 amide bonds. The molecule has 0 aromatic carbocycles. The minimum Gasteiger partial charge on any atom is -0.459 e. The number of fused-ring (bicyclic) bond motifs is 1. The highest BCUT2D eigenvalue weighted by atomic mass is 19.2. The fraction of sp³-hybridized carbons (Fsp3) is 0.455. The predicted octanol–water partition coefficient (Wildman–Crippen LogP) is 0.907. The monoisotopic (exact) mass is 507 g/mol. The highest BCUT2D eigenvalue weighted by molar-refractivity contribution is 5.88. The van der Waals surface area contributed by atoms with E-state index in [-0.39, 0.29) is 5.56 Å². The van der Waals surface area contributed by atoms with E-state index in [1.54, 1.807) is 20.8 Å². The van der Waals surface area contributed by atoms with Crippen molar-refractivity contribution in [3.8, 4) is 0 Å². The minimum absolute atomic E-state index is 0.0887. The van der Waals surface area contributed by atoms with Gasteiger partial charge in [-0.1, -0.05) is 0 Å². The minimum atomic E-state index is -2.85. The number of aromatic nitrogens is 3. The quantitative estimate of drug-likeness (QED) is 0.405. The SMILES string of the molecule is CC(C)(C)C(=O)OC[C@@]1(F)O[C@@H](n2ccc(=O)n(COC(=O)c3cccnc3)c2=O)[C@@H]2OC(=O)O[C@@H]21. The van der Waals surface area contributed by atoms with Gasteiger partial charge in [0.1, 0.15) is 0 Å². The van der Waals surface area contributed by atoms with Crippen molar-refractivity contribution in [1.82, 2.24) is 14.1 Å². The molecule has 2 aliphatic rings. The molecule has 192 valence electrons. The fourth-order valence-corrected chi connectivity index (χ4v) is 3.49. The molecule has 14 heteroatoms. The molecule has 2 aromatic heterocycles. The molecular weight excluding hydrogens is 485 g/mol. The third-order valence-corrected chi connectivity index (χ3v) is 5.38. The van der Waals surface area contributed by atoms with Crippen LogP contribution in [-0.2, 0) is 35.2 Å². The average molecular weight is 507 g/mol. The Bertz CT molecular complexity index is 1300. The maximum Gasteiger partial charge on any atom is 0.509 e. The number of esters is 2. The molecular formula is C22H22FN3O10. The van der Waals surface area contributed by atoms with Crippen molar-refractivity contribution in [1.29, 1.82) is 0 Å². The van der Waals surface area contributed by atoms with Gasteiger partial charge in [-0.05, 0) is 32.9 Å². The normalized spacial score (nSPS) is 25.0. The van der Waals surface area contributed by atoms with Crippen molar-refractivity contribution in [2.24, 2.45) is 5.41 Å². The standard InChI is InChI=1S/C22H22FN3O10/c1-21(2,3)18(29)32-10-22(23)15-14(34-20(31)35-15)16(36-22)25-8-6-13(27)26(19(25)30)11-33-17(28)12-5-4-7-24-9-12/h4-9,14-16H,10-11H2,1-3H3/t14-,15+,16-,22-/m1/s1. The van der Waals surface area contributed by atoms with Crippen molar-refractivity contribution >= 4 is 18.1 Å². The van der Waals surface area contributed by atoms with E-state index in [9.17, 15) is 24.0 Å². The van der Waals surface area contributed by atoms with Gasteiger partial charge in [0.05, 0.1) is 11.0 Å². The molecule has 2 saturated heterocycles. The van der Waals surface area contributed by atoms with E-state index in [0.29, 0.717) is 4.57 Å². The van der Waals surface area contributed by atoms with Crippen LogP contribution in [0.5, 0.6) is 0 Å². The lowest BCUT2D eigenvalue weighted by atomic mass is 9.97. The summed E-state index contributed by atoms with van der Waals surface area (Å²) in [6, 6.07) is 3.88. The molecule has 0 N–H and O–H groups in total. The van der Waals surface area contributed by atoms with E-state index in [0.717, 1.165) is 16.8 Å². The maximum atomic E-state index is 15.8. The summed E-state index contributed by atoms with van der Waals surface area (Å²) in [4.78, 5) is 65.2. The van der Waals surface area contributed by atoms with E-state index in [2.05, 4.69) is 4.98 Å². The average Bonchev–Trinajstić information content (AvgIpc) is 3.34. The first kappa shape index (κ1) is 25.0. The predicted molar refractivity (Wildman–Crippen MR) is 114 cm³/mol. The maximum absolute atomic E-state index is 15.8. The van der Waals surface area contributed by atoms with Crippen LogP contribution in [0.4, 0.5) is 9.18 Å². The van der Waals surface area contributed by atoms with Crippen LogP contribution in [0.1, 0.15) is 37.4 Å². The van der Waals surface area contributed by atoms with Gasteiger partial charge in [0, 0.05) is 24.7 Å². The van der Waals surface area contributed by atoms with Gasteiger partial charge >= 0.3 is 23.8 Å². The summed E-state index contributed by atoms with van der Waals surface area (Å²) >= 11 is 0. The van der Waals surface area contributed by atoms with Crippen LogP contribution in [0, 0.1) is 5.41 Å². The van der Waals surface area contributed by atoms with Crippen LogP contribution in [0.15, 0.2) is 46.4 Å². The molecule has 36 heavy (non-hydrogen) atoms. The topological polar surface area (TPSA) is 154 Å². The molecule has 0 aliphatic carbocycles. The first-order valence-electron chi connectivity index (χ1n) is 10.7. The third kappa shape index (κ3) is 4.71. The zero-order valence-electron chi connectivity index (χ0n) is 19.4. The van der Waals surface area contributed by atoms with Crippen molar-refractivity contribution in [2.75, 3.05) is 6.61 Å². The Hall–Kier alpha value is -4.07. The van der Waals surface area contributed by atoms with Crippen LogP contribution >= 0.6 is 0 Å². The molecule has 4 heterocycles. The Balaban J connectivity index is 1.58. The lowest BCUT2D eigenvalue weighted by Gasteiger charge is -2.25. The second-order valence-corrected chi connectivity index (χ2v) is 9.07. The number of nitrogens with zero attached hydrogens (tertiary/aromatic N) is 3. The van der Waals surface area contributed by atoms with Gasteiger partial charge in [0.15, 0.2) is 25.7 Å². The van der Waals surface area contributed by atoms with Gasteiger partial charge < -0.3 is 23.7 Å². The molecule has 0 spiro atoms. The van der Waals surface area contributed by atoms with Crippen molar-refractivity contribution in [3.63, 3.8) is 0 Å². The first-order chi connectivity index (χ1) is 16.9. The van der Waals surface area contributed by atoms with Gasteiger partial charge in [-0.2, -0.15) is 0 Å². The van der Waals surface area contributed by atoms with E-state index < -0.39 is 72.4 Å². The lowest BCUT2D eigenvalue weighted by Crippen LogP contribution is -2.43. The van der Waals surface area contributed by atoms with Gasteiger partial charge in [-0.15, -0.1) is 0 Å². The lowest BCUT2D eigenvalue weighted by molar-refractivity contribution is -0.222. The molecule has 2 aliphatic heterocycles. The van der Waals surface area contributed by atoms with Crippen LogP contribution in [0.2, 0.25) is 0 Å². The van der Waals surface area contributed by atoms with E-state index in [4.69, 9.17) is 23.7 Å². The third-order valence-electron chi connectivity index (χ3n) is 5.38.